The SMILES string of the molecule is CCCC1(C)N(C(C)C)c2cc(NC=O)c(C3=C(O)/C(=c4/cc5c(cc4NC(C)=O)=[N+](C(C)C)C(C)(CC)C5(C)C)C3=O)cc2C1(C)C. The Morgan fingerprint density at radius 3 is 2.08 bits per heavy atom. The Morgan fingerprint density at radius 2 is 1.58 bits per heavy atom. The first-order valence-electron chi connectivity index (χ1n) is 17.6. The maximum atomic E-state index is 14.3. The van der Waals surface area contributed by atoms with Crippen LogP contribution in [0.5, 0.6) is 0 Å². The van der Waals surface area contributed by atoms with Crippen LogP contribution >= 0.6 is 0 Å². The summed E-state index contributed by atoms with van der Waals surface area (Å²) in [5, 5.41) is 19.2. The van der Waals surface area contributed by atoms with E-state index in [9.17, 15) is 19.5 Å². The molecule has 2 aromatic rings. The fraction of sp³-hybridized carbons (Fsp3) is 0.550. The predicted octanol–water partition coefficient (Wildman–Crippen LogP) is 6.34. The van der Waals surface area contributed by atoms with Gasteiger partial charge in [0.1, 0.15) is 11.8 Å². The third-order valence-electron chi connectivity index (χ3n) is 12.3. The Kier molecular flexibility index (Phi) is 8.54. The molecule has 2 unspecified atom stereocenters. The van der Waals surface area contributed by atoms with E-state index in [1.165, 1.54) is 6.92 Å². The zero-order chi connectivity index (χ0) is 35.9. The van der Waals surface area contributed by atoms with E-state index in [2.05, 4.69) is 103 Å². The van der Waals surface area contributed by atoms with Crippen LogP contribution in [0.1, 0.15) is 126 Å². The van der Waals surface area contributed by atoms with Gasteiger partial charge in [-0.1, -0.05) is 34.1 Å². The van der Waals surface area contributed by atoms with E-state index in [0.29, 0.717) is 28.6 Å². The summed E-state index contributed by atoms with van der Waals surface area (Å²) in [6.07, 6.45) is 3.49. The highest BCUT2D eigenvalue weighted by Crippen LogP contribution is 2.56. The molecular weight excluding hydrogens is 600 g/mol. The maximum absolute atomic E-state index is 14.3. The van der Waals surface area contributed by atoms with Crippen LogP contribution in [-0.2, 0) is 25.2 Å². The Hall–Kier alpha value is -3.94. The van der Waals surface area contributed by atoms with Crippen LogP contribution in [0, 0.1) is 0 Å². The lowest BCUT2D eigenvalue weighted by atomic mass is 9.68. The van der Waals surface area contributed by atoms with Crippen molar-refractivity contribution in [2.75, 3.05) is 15.5 Å². The Morgan fingerprint density at radius 1 is 0.938 bits per heavy atom. The summed E-state index contributed by atoms with van der Waals surface area (Å²) >= 11 is 0. The smallest absolute Gasteiger partial charge is 0.221 e. The Bertz CT molecular complexity index is 1900. The number of aliphatic hydroxyl groups is 1. The normalized spacial score (nSPS) is 25.0. The van der Waals surface area contributed by atoms with Crippen molar-refractivity contribution in [1.82, 2.24) is 4.58 Å². The number of hydrogen-bond donors (Lipinski definition) is 3. The van der Waals surface area contributed by atoms with Crippen LogP contribution in [-0.4, -0.2) is 46.4 Å². The lowest BCUT2D eigenvalue weighted by Gasteiger charge is -2.47. The number of nitrogens with zero attached hydrogens (tertiary/aromatic N) is 2. The van der Waals surface area contributed by atoms with Gasteiger partial charge in [0.25, 0.3) is 0 Å². The summed E-state index contributed by atoms with van der Waals surface area (Å²) < 4.78 is 2.42. The van der Waals surface area contributed by atoms with Gasteiger partial charge in [-0.05, 0) is 78.6 Å². The molecule has 0 aromatic heterocycles. The van der Waals surface area contributed by atoms with Crippen molar-refractivity contribution in [1.29, 1.82) is 0 Å². The van der Waals surface area contributed by atoms with Crippen molar-refractivity contribution in [3.63, 3.8) is 0 Å². The van der Waals surface area contributed by atoms with E-state index in [-0.39, 0.29) is 62.6 Å². The zero-order valence-electron chi connectivity index (χ0n) is 31.2. The fourth-order valence-corrected chi connectivity index (χ4v) is 9.31. The first-order chi connectivity index (χ1) is 22.3. The molecule has 48 heavy (non-hydrogen) atoms. The monoisotopic (exact) mass is 655 g/mol. The molecule has 8 nitrogen and oxygen atoms in total. The van der Waals surface area contributed by atoms with Gasteiger partial charge in [0.05, 0.1) is 27.9 Å². The third kappa shape index (κ3) is 4.61. The molecule has 2 amide bonds. The number of Topliss-reactive ketones (excluding diaryl/α,β-unsaturated/α-hetero) is 1. The molecule has 0 saturated carbocycles. The number of nitrogens with one attached hydrogen (secondary N) is 2. The summed E-state index contributed by atoms with van der Waals surface area (Å²) in [7, 11) is 0. The van der Waals surface area contributed by atoms with Crippen molar-refractivity contribution in [3.8, 4) is 0 Å². The van der Waals surface area contributed by atoms with Crippen molar-refractivity contribution >= 4 is 46.3 Å². The van der Waals surface area contributed by atoms with Crippen LogP contribution in [0.4, 0.5) is 17.1 Å². The van der Waals surface area contributed by atoms with Crippen LogP contribution < -0.4 is 30.7 Å². The second-order valence-corrected chi connectivity index (χ2v) is 16.0. The predicted molar refractivity (Wildman–Crippen MR) is 196 cm³/mol. The highest BCUT2D eigenvalue weighted by Gasteiger charge is 2.57. The molecule has 2 aromatic carbocycles. The van der Waals surface area contributed by atoms with E-state index in [0.717, 1.165) is 41.4 Å². The van der Waals surface area contributed by atoms with E-state index in [4.69, 9.17) is 0 Å². The Labute approximate surface area is 286 Å². The summed E-state index contributed by atoms with van der Waals surface area (Å²) in [5.41, 5.74) is 3.98. The second kappa shape index (κ2) is 11.6. The fourth-order valence-electron chi connectivity index (χ4n) is 9.31. The van der Waals surface area contributed by atoms with E-state index >= 15 is 0 Å². The molecule has 0 bridgehead atoms. The summed E-state index contributed by atoms with van der Waals surface area (Å²) in [5.74, 6) is -0.722. The van der Waals surface area contributed by atoms with Gasteiger partial charge in [0, 0.05) is 65.4 Å². The molecule has 0 saturated heterocycles. The number of benzene rings is 2. The van der Waals surface area contributed by atoms with Crippen LogP contribution in [0.25, 0.3) is 11.1 Å². The van der Waals surface area contributed by atoms with Gasteiger partial charge in [-0.2, -0.15) is 0 Å². The average molecular weight is 656 g/mol. The lowest BCUT2D eigenvalue weighted by Crippen LogP contribution is -2.55. The first kappa shape index (κ1) is 35.4. The van der Waals surface area contributed by atoms with Crippen LogP contribution in [0.2, 0.25) is 0 Å². The average Bonchev–Trinajstić information content (AvgIpc) is 3.26. The van der Waals surface area contributed by atoms with Gasteiger partial charge in [0.15, 0.2) is 5.54 Å². The van der Waals surface area contributed by atoms with Crippen LogP contribution in [0.3, 0.4) is 0 Å². The highest BCUT2D eigenvalue weighted by atomic mass is 16.3. The van der Waals surface area contributed by atoms with Crippen molar-refractivity contribution < 1.29 is 19.5 Å². The van der Waals surface area contributed by atoms with Gasteiger partial charge in [-0.15, -0.1) is 0 Å². The molecular formula is C40H55N4O4+. The van der Waals surface area contributed by atoms with E-state index in [1.807, 2.05) is 24.3 Å². The number of anilines is 3. The summed E-state index contributed by atoms with van der Waals surface area (Å²) in [6, 6.07) is 8.30. The van der Waals surface area contributed by atoms with Crippen molar-refractivity contribution in [2.24, 2.45) is 0 Å². The second-order valence-electron chi connectivity index (χ2n) is 16.0. The number of carbonyl (C=O) groups excluding carboxylic acids is 3. The standard InChI is InChI=1S/C40H54N4O4/c1-14-16-40(13)38(10,11)28-17-25(29(41-21-45)19-31(28)44(40)23(5)6)33-35(47)34(36(33)48)26-18-27-32(20-30(26)42-24(7)46)43(22(3)4)39(12,15-2)37(27,8)9/h17-23H,14-16H2,1-13H3,(H2,41,42,45,46,47,48)/p+1. The summed E-state index contributed by atoms with van der Waals surface area (Å²) in [6.45, 7) is 28.0. The third-order valence-corrected chi connectivity index (χ3v) is 12.3. The number of allylic oxidation sites excluding steroid dienone is 2. The van der Waals surface area contributed by atoms with Crippen LogP contribution in [0.15, 0.2) is 30.0 Å². The van der Waals surface area contributed by atoms with E-state index in [1.54, 1.807) is 0 Å². The number of rotatable bonds is 9. The molecule has 2 atom stereocenters. The quantitative estimate of drug-likeness (QED) is 0.216. The molecule has 0 radical (unpaired) electrons. The van der Waals surface area contributed by atoms with E-state index < -0.39 is 0 Å². The molecule has 0 spiro atoms. The molecule has 258 valence electrons. The Balaban J connectivity index is 1.82. The van der Waals surface area contributed by atoms with Gasteiger partial charge in [-0.3, -0.25) is 14.4 Å². The number of aliphatic hydroxyl groups excluding tert-OH is 1. The highest BCUT2D eigenvalue weighted by molar-refractivity contribution is 6.52. The maximum Gasteiger partial charge on any atom is 0.221 e. The van der Waals surface area contributed by atoms with Gasteiger partial charge < -0.3 is 20.6 Å². The van der Waals surface area contributed by atoms with Gasteiger partial charge in [-0.25, -0.2) is 4.58 Å². The number of carbonyl (C=O) groups is 3. The largest absolute Gasteiger partial charge is 0.506 e. The minimum Gasteiger partial charge on any atom is -0.506 e. The minimum atomic E-state index is -0.324. The van der Waals surface area contributed by atoms with Gasteiger partial charge >= 0.3 is 0 Å². The summed E-state index contributed by atoms with van der Waals surface area (Å²) in [4.78, 5) is 41.2. The molecule has 3 N–H and O–H groups in total. The molecule has 3 aliphatic rings. The number of fused-ring (bicyclic) bond motifs is 2. The first-order valence-corrected chi connectivity index (χ1v) is 17.6. The molecule has 1 aliphatic carbocycles. The minimum absolute atomic E-state index is 0.136. The molecule has 0 fully saturated rings. The number of amides is 2. The zero-order valence-corrected chi connectivity index (χ0v) is 31.2. The molecule has 5 rings (SSSR count). The topological polar surface area (TPSA) is 102 Å². The molecule has 8 heteroatoms. The molecule has 2 heterocycles. The van der Waals surface area contributed by atoms with Crippen molar-refractivity contribution in [2.45, 2.75) is 143 Å². The lowest BCUT2D eigenvalue weighted by molar-refractivity contribution is -0.114. The van der Waals surface area contributed by atoms with Gasteiger partial charge in [0.2, 0.25) is 23.5 Å². The number of hydrogen-bond acceptors (Lipinski definition) is 5. The van der Waals surface area contributed by atoms with Crippen molar-refractivity contribution in [3.05, 3.63) is 57.3 Å². The molecule has 2 aliphatic heterocycles. The number of ketones is 1.